The minimum absolute atomic E-state index is 0. The molecule has 0 bridgehead atoms. The van der Waals surface area contributed by atoms with Crippen molar-refractivity contribution in [2.75, 3.05) is 32.8 Å². The molecule has 23 heavy (non-hydrogen) atoms. The molecule has 1 aliphatic rings. The van der Waals surface area contributed by atoms with E-state index in [0.29, 0.717) is 18.2 Å². The summed E-state index contributed by atoms with van der Waals surface area (Å²) in [6.45, 7) is 1.93. The van der Waals surface area contributed by atoms with Gasteiger partial charge in [0.2, 0.25) is 10.0 Å². The SMILES string of the molecule is Cl.O=C(NCCNS(=O)(=O)c1cccc(Cl)c1)C1CNCCO1. The van der Waals surface area contributed by atoms with E-state index in [1.165, 1.54) is 12.1 Å². The van der Waals surface area contributed by atoms with Crippen molar-refractivity contribution in [1.82, 2.24) is 15.4 Å². The van der Waals surface area contributed by atoms with Gasteiger partial charge in [0.1, 0.15) is 6.10 Å². The summed E-state index contributed by atoms with van der Waals surface area (Å²) < 4.78 is 31.7. The van der Waals surface area contributed by atoms with Crippen molar-refractivity contribution < 1.29 is 17.9 Å². The summed E-state index contributed by atoms with van der Waals surface area (Å²) in [5, 5.41) is 6.02. The van der Waals surface area contributed by atoms with Crippen molar-refractivity contribution in [1.29, 1.82) is 0 Å². The van der Waals surface area contributed by atoms with E-state index in [-0.39, 0.29) is 36.3 Å². The fraction of sp³-hybridized carbons (Fsp3) is 0.462. The van der Waals surface area contributed by atoms with Crippen LogP contribution in [-0.2, 0) is 19.6 Å². The van der Waals surface area contributed by atoms with Crippen LogP contribution >= 0.6 is 24.0 Å². The number of nitrogens with one attached hydrogen (secondary N) is 3. The van der Waals surface area contributed by atoms with Crippen LogP contribution in [-0.4, -0.2) is 53.2 Å². The normalized spacial score (nSPS) is 18.0. The van der Waals surface area contributed by atoms with Gasteiger partial charge in [0.15, 0.2) is 0 Å². The minimum atomic E-state index is -3.63. The van der Waals surface area contributed by atoms with E-state index in [0.717, 1.165) is 6.54 Å². The van der Waals surface area contributed by atoms with E-state index in [1.807, 2.05) is 0 Å². The molecule has 1 heterocycles. The summed E-state index contributed by atoms with van der Waals surface area (Å²) in [4.78, 5) is 11.9. The van der Waals surface area contributed by atoms with Gasteiger partial charge in [0.25, 0.3) is 5.91 Å². The van der Waals surface area contributed by atoms with E-state index in [2.05, 4.69) is 15.4 Å². The largest absolute Gasteiger partial charge is 0.366 e. The quantitative estimate of drug-likeness (QED) is 0.607. The van der Waals surface area contributed by atoms with Crippen LogP contribution in [0.15, 0.2) is 29.2 Å². The number of amides is 1. The number of halogens is 2. The average Bonchev–Trinajstić information content (AvgIpc) is 2.52. The first-order valence-corrected chi connectivity index (χ1v) is 8.70. The number of benzene rings is 1. The summed E-state index contributed by atoms with van der Waals surface area (Å²) in [7, 11) is -3.63. The van der Waals surface area contributed by atoms with Crippen molar-refractivity contribution in [3.05, 3.63) is 29.3 Å². The molecule has 1 atom stereocenters. The summed E-state index contributed by atoms with van der Waals surface area (Å²) in [6.07, 6.45) is -0.529. The molecule has 0 aliphatic carbocycles. The van der Waals surface area contributed by atoms with Crippen LogP contribution in [0.2, 0.25) is 5.02 Å². The Hall–Kier alpha value is -0.900. The lowest BCUT2D eigenvalue weighted by molar-refractivity contribution is -0.134. The van der Waals surface area contributed by atoms with E-state index in [4.69, 9.17) is 16.3 Å². The van der Waals surface area contributed by atoms with Gasteiger partial charge in [-0.25, -0.2) is 13.1 Å². The van der Waals surface area contributed by atoms with Gasteiger partial charge < -0.3 is 15.4 Å². The maximum atomic E-state index is 12.0. The van der Waals surface area contributed by atoms with Crippen LogP contribution in [0, 0.1) is 0 Å². The van der Waals surface area contributed by atoms with Crippen molar-refractivity contribution >= 4 is 39.9 Å². The Morgan fingerprint density at radius 3 is 2.83 bits per heavy atom. The van der Waals surface area contributed by atoms with Crippen LogP contribution in [0.5, 0.6) is 0 Å². The van der Waals surface area contributed by atoms with Crippen molar-refractivity contribution in [3.63, 3.8) is 0 Å². The Labute approximate surface area is 146 Å². The highest BCUT2D eigenvalue weighted by Crippen LogP contribution is 2.14. The van der Waals surface area contributed by atoms with E-state index < -0.39 is 16.1 Å². The first-order chi connectivity index (χ1) is 10.5. The molecule has 0 spiro atoms. The molecule has 0 saturated carbocycles. The first-order valence-electron chi connectivity index (χ1n) is 6.84. The lowest BCUT2D eigenvalue weighted by Crippen LogP contribution is -2.49. The molecule has 0 radical (unpaired) electrons. The van der Waals surface area contributed by atoms with Gasteiger partial charge in [-0.2, -0.15) is 0 Å². The molecule has 10 heteroatoms. The molecule has 1 amide bonds. The lowest BCUT2D eigenvalue weighted by atomic mass is 10.3. The predicted molar refractivity (Wildman–Crippen MR) is 89.5 cm³/mol. The number of carbonyl (C=O) groups is 1. The second kappa shape index (κ2) is 9.41. The summed E-state index contributed by atoms with van der Waals surface area (Å²) in [6, 6.07) is 5.98. The van der Waals surface area contributed by atoms with Crippen molar-refractivity contribution in [2.24, 2.45) is 0 Å². The lowest BCUT2D eigenvalue weighted by Gasteiger charge is -2.22. The summed E-state index contributed by atoms with van der Waals surface area (Å²) in [5.41, 5.74) is 0. The number of morpholine rings is 1. The van der Waals surface area contributed by atoms with E-state index in [9.17, 15) is 13.2 Å². The smallest absolute Gasteiger partial charge is 0.250 e. The second-order valence-electron chi connectivity index (χ2n) is 4.71. The Morgan fingerprint density at radius 2 is 2.17 bits per heavy atom. The molecule has 1 aromatic rings. The number of carbonyl (C=O) groups excluding carboxylic acids is 1. The third kappa shape index (κ3) is 6.25. The molecule has 1 aromatic carbocycles. The Kier molecular flexibility index (Phi) is 8.24. The third-order valence-electron chi connectivity index (χ3n) is 3.04. The van der Waals surface area contributed by atoms with Gasteiger partial charge in [-0.3, -0.25) is 4.79 Å². The van der Waals surface area contributed by atoms with E-state index in [1.54, 1.807) is 12.1 Å². The molecule has 0 aromatic heterocycles. The molecule has 1 unspecified atom stereocenters. The second-order valence-corrected chi connectivity index (χ2v) is 6.91. The number of sulfonamides is 1. The summed E-state index contributed by atoms with van der Waals surface area (Å²) >= 11 is 5.77. The molecule has 1 fully saturated rings. The monoisotopic (exact) mass is 383 g/mol. The Bertz CT molecular complexity index is 621. The number of hydrogen-bond acceptors (Lipinski definition) is 5. The topological polar surface area (TPSA) is 96.5 Å². The van der Waals surface area contributed by atoms with Gasteiger partial charge in [-0.15, -0.1) is 12.4 Å². The third-order valence-corrected chi connectivity index (χ3v) is 4.74. The molecular weight excluding hydrogens is 365 g/mol. The molecule has 2 rings (SSSR count). The number of rotatable bonds is 6. The maximum Gasteiger partial charge on any atom is 0.250 e. The highest BCUT2D eigenvalue weighted by atomic mass is 35.5. The van der Waals surface area contributed by atoms with E-state index >= 15 is 0 Å². The highest BCUT2D eigenvalue weighted by molar-refractivity contribution is 7.89. The number of hydrogen-bond donors (Lipinski definition) is 3. The molecule has 3 N–H and O–H groups in total. The zero-order valence-corrected chi connectivity index (χ0v) is 14.6. The highest BCUT2D eigenvalue weighted by Gasteiger charge is 2.21. The fourth-order valence-electron chi connectivity index (χ4n) is 1.94. The van der Waals surface area contributed by atoms with Crippen molar-refractivity contribution in [2.45, 2.75) is 11.0 Å². The van der Waals surface area contributed by atoms with Crippen molar-refractivity contribution in [3.8, 4) is 0 Å². The Morgan fingerprint density at radius 1 is 1.39 bits per heavy atom. The van der Waals surface area contributed by atoms with Crippen LogP contribution in [0.4, 0.5) is 0 Å². The van der Waals surface area contributed by atoms with Gasteiger partial charge in [0, 0.05) is 31.2 Å². The van der Waals surface area contributed by atoms with Crippen LogP contribution in [0.25, 0.3) is 0 Å². The van der Waals surface area contributed by atoms with Crippen LogP contribution in [0.3, 0.4) is 0 Å². The molecule has 1 saturated heterocycles. The number of ether oxygens (including phenoxy) is 1. The Balaban J connectivity index is 0.00000264. The molecule has 130 valence electrons. The van der Waals surface area contributed by atoms with Gasteiger partial charge >= 0.3 is 0 Å². The van der Waals surface area contributed by atoms with Gasteiger partial charge in [-0.1, -0.05) is 17.7 Å². The molecular formula is C13H19Cl2N3O4S. The maximum absolute atomic E-state index is 12.0. The van der Waals surface area contributed by atoms with Gasteiger partial charge in [-0.05, 0) is 18.2 Å². The zero-order valence-electron chi connectivity index (χ0n) is 12.2. The van der Waals surface area contributed by atoms with Crippen LogP contribution < -0.4 is 15.4 Å². The molecule has 7 nitrogen and oxygen atoms in total. The average molecular weight is 384 g/mol. The first kappa shape index (κ1) is 20.1. The predicted octanol–water partition coefficient (Wildman–Crippen LogP) is 0.145. The van der Waals surface area contributed by atoms with Gasteiger partial charge in [0.05, 0.1) is 11.5 Å². The summed E-state index contributed by atoms with van der Waals surface area (Å²) in [5.74, 6) is -0.255. The van der Waals surface area contributed by atoms with Crippen LogP contribution in [0.1, 0.15) is 0 Å². The minimum Gasteiger partial charge on any atom is -0.366 e. The standard InChI is InChI=1S/C13H18ClN3O4S.ClH/c14-10-2-1-3-11(8-10)22(19,20)17-5-4-16-13(18)12-9-15-6-7-21-12;/h1-3,8,12,15,17H,4-7,9H2,(H,16,18);1H. The fourth-order valence-corrected chi connectivity index (χ4v) is 3.27. The zero-order chi connectivity index (χ0) is 16.0. The molecule has 1 aliphatic heterocycles.